The third-order valence-electron chi connectivity index (χ3n) is 5.76. The molecule has 34 heavy (non-hydrogen) atoms. The molecule has 3 aromatic rings. The maximum Gasteiger partial charge on any atom is 0.289 e. The van der Waals surface area contributed by atoms with Gasteiger partial charge in [-0.05, 0) is 81.8 Å². The Kier molecular flexibility index (Phi) is 5.45. The molecular weight excluding hydrogens is 428 g/mol. The van der Waals surface area contributed by atoms with E-state index >= 15 is 0 Å². The fraction of sp³-hybridized carbons (Fsp3) is 0.269. The topological polar surface area (TPSA) is 97.4 Å². The predicted octanol–water partition coefficient (Wildman–Crippen LogP) is 5.20. The maximum atomic E-state index is 6.67. The Hall–Kier alpha value is -3.91. The summed E-state index contributed by atoms with van der Waals surface area (Å²) < 4.78 is 11.8. The molecule has 0 saturated carbocycles. The Morgan fingerprint density at radius 2 is 1.97 bits per heavy atom. The highest BCUT2D eigenvalue weighted by Gasteiger charge is 2.28. The van der Waals surface area contributed by atoms with E-state index in [1.54, 1.807) is 12.5 Å². The van der Waals surface area contributed by atoms with Crippen LogP contribution in [0, 0.1) is 13.8 Å². The highest BCUT2D eigenvalue weighted by molar-refractivity contribution is 5.92. The Balaban J connectivity index is 1.34. The molecule has 1 atom stereocenters. The molecule has 5 rings (SSSR count). The van der Waals surface area contributed by atoms with Crippen molar-refractivity contribution in [2.45, 2.75) is 39.5 Å². The van der Waals surface area contributed by atoms with Crippen molar-refractivity contribution in [3.05, 3.63) is 71.5 Å². The first-order valence-corrected chi connectivity index (χ1v) is 11.2. The van der Waals surface area contributed by atoms with Crippen LogP contribution < -0.4 is 20.7 Å². The molecule has 0 aliphatic carbocycles. The minimum absolute atomic E-state index is 0.294. The molecule has 8 heteroatoms. The number of aliphatic imine (C=N–C) groups is 2. The van der Waals surface area contributed by atoms with E-state index in [9.17, 15) is 0 Å². The van der Waals surface area contributed by atoms with Gasteiger partial charge in [0, 0.05) is 22.6 Å². The lowest BCUT2D eigenvalue weighted by atomic mass is 10.1. The predicted molar refractivity (Wildman–Crippen MR) is 135 cm³/mol. The number of nitrogens with two attached hydrogens (primary N) is 1. The lowest BCUT2D eigenvalue weighted by Gasteiger charge is -2.32. The van der Waals surface area contributed by atoms with Crippen LogP contribution in [-0.2, 0) is 4.74 Å². The summed E-state index contributed by atoms with van der Waals surface area (Å²) in [6, 6.07) is 16.2. The third-order valence-corrected chi connectivity index (χ3v) is 5.76. The number of aryl methyl sites for hydroxylation is 2. The highest BCUT2D eigenvalue weighted by atomic mass is 16.5. The van der Waals surface area contributed by atoms with Crippen LogP contribution in [0.4, 0.5) is 17.1 Å². The summed E-state index contributed by atoms with van der Waals surface area (Å²) in [5.41, 5.74) is 11.8. The second kappa shape index (κ2) is 8.46. The van der Waals surface area contributed by atoms with Crippen molar-refractivity contribution < 1.29 is 9.47 Å². The zero-order chi connectivity index (χ0) is 23.9. The number of fused-ring (bicyclic) bond motifs is 1. The molecule has 0 amide bonds. The molecule has 2 aromatic carbocycles. The molecule has 1 aromatic heterocycles. The van der Waals surface area contributed by atoms with Gasteiger partial charge in [0.25, 0.3) is 6.02 Å². The highest BCUT2D eigenvalue weighted by Crippen LogP contribution is 2.37. The monoisotopic (exact) mass is 456 g/mol. The molecule has 8 nitrogen and oxygen atoms in total. The molecule has 2 aliphatic heterocycles. The van der Waals surface area contributed by atoms with Crippen LogP contribution in [0.15, 0.2) is 64.7 Å². The first-order valence-electron chi connectivity index (χ1n) is 11.2. The van der Waals surface area contributed by atoms with Gasteiger partial charge in [0.1, 0.15) is 23.3 Å². The third kappa shape index (κ3) is 4.45. The normalized spacial score (nSPS) is 18.2. The van der Waals surface area contributed by atoms with Crippen LogP contribution in [0.5, 0.6) is 11.5 Å². The number of ether oxygens (including phenoxy) is 2. The van der Waals surface area contributed by atoms with Crippen molar-refractivity contribution >= 4 is 29.4 Å². The zero-order valence-corrected chi connectivity index (χ0v) is 19.7. The van der Waals surface area contributed by atoms with Crippen molar-refractivity contribution in [3.8, 4) is 11.5 Å². The number of aromatic nitrogens is 1. The summed E-state index contributed by atoms with van der Waals surface area (Å²) in [4.78, 5) is 15.3. The molecule has 3 N–H and O–H groups in total. The van der Waals surface area contributed by atoms with Crippen LogP contribution in [-0.4, -0.2) is 29.5 Å². The number of nitrogens with one attached hydrogen (secondary N) is 1. The second-order valence-corrected chi connectivity index (χ2v) is 9.17. The van der Waals surface area contributed by atoms with Gasteiger partial charge in [0.2, 0.25) is 0 Å². The lowest BCUT2D eigenvalue weighted by molar-refractivity contribution is 0.130. The van der Waals surface area contributed by atoms with Crippen molar-refractivity contribution in [2.75, 3.05) is 16.8 Å². The average molecular weight is 457 g/mol. The molecular formula is C26H28N6O2. The van der Waals surface area contributed by atoms with E-state index in [2.05, 4.69) is 20.3 Å². The summed E-state index contributed by atoms with van der Waals surface area (Å²) in [5.74, 6) is 1.47. The fourth-order valence-corrected chi connectivity index (χ4v) is 3.89. The molecule has 0 bridgehead atoms. The van der Waals surface area contributed by atoms with E-state index in [0.717, 1.165) is 39.6 Å². The number of hydrogen-bond acceptors (Lipinski definition) is 8. The minimum Gasteiger partial charge on any atom is -0.457 e. The van der Waals surface area contributed by atoms with E-state index in [1.165, 1.54) is 0 Å². The Morgan fingerprint density at radius 1 is 1.12 bits per heavy atom. The SMILES string of the molecule is Cc1ccc(Oc2ccc(N3C=Nc4ccc(NC5=NCC(C)(C)O5)cc4C3N)cc2C)cn1. The van der Waals surface area contributed by atoms with Crippen molar-refractivity contribution in [3.63, 3.8) is 0 Å². The van der Waals surface area contributed by atoms with Gasteiger partial charge >= 0.3 is 0 Å². The van der Waals surface area contributed by atoms with Gasteiger partial charge in [0.15, 0.2) is 0 Å². The first kappa shape index (κ1) is 21.9. The van der Waals surface area contributed by atoms with Gasteiger partial charge in [-0.15, -0.1) is 0 Å². The van der Waals surface area contributed by atoms with E-state index < -0.39 is 6.17 Å². The molecule has 0 fully saturated rings. The van der Waals surface area contributed by atoms with Crippen LogP contribution in [0.3, 0.4) is 0 Å². The average Bonchev–Trinajstić information content (AvgIpc) is 3.15. The van der Waals surface area contributed by atoms with Gasteiger partial charge in [-0.3, -0.25) is 4.98 Å². The van der Waals surface area contributed by atoms with Gasteiger partial charge < -0.3 is 25.4 Å². The standard InChI is InChI=1S/C26H28N6O2/c1-16-11-19(7-10-23(16)33-20-8-5-17(2)28-13-20)32-15-30-22-9-6-18(12-21(22)24(32)27)31-25-29-14-26(3,4)34-25/h5-13,15,24H,14,27H2,1-4H3,(H,29,31). The van der Waals surface area contributed by atoms with E-state index in [0.29, 0.717) is 18.3 Å². The van der Waals surface area contributed by atoms with Crippen LogP contribution in [0.25, 0.3) is 0 Å². The number of hydrogen-bond donors (Lipinski definition) is 2. The Bertz CT molecular complexity index is 1280. The largest absolute Gasteiger partial charge is 0.457 e. The summed E-state index contributed by atoms with van der Waals surface area (Å²) in [6.07, 6.45) is 3.10. The first-order chi connectivity index (χ1) is 16.3. The number of anilines is 2. The molecule has 1 unspecified atom stereocenters. The Labute approximate surface area is 199 Å². The van der Waals surface area contributed by atoms with Crippen LogP contribution in [0.1, 0.15) is 36.8 Å². The summed E-state index contributed by atoms with van der Waals surface area (Å²) >= 11 is 0. The summed E-state index contributed by atoms with van der Waals surface area (Å²) in [6.45, 7) is 8.60. The van der Waals surface area contributed by atoms with E-state index in [-0.39, 0.29) is 5.60 Å². The van der Waals surface area contributed by atoms with Gasteiger partial charge in [-0.1, -0.05) is 0 Å². The summed E-state index contributed by atoms with van der Waals surface area (Å²) in [5, 5.41) is 3.25. The molecule has 3 heterocycles. The minimum atomic E-state index is -0.399. The molecule has 174 valence electrons. The summed E-state index contributed by atoms with van der Waals surface area (Å²) in [7, 11) is 0. The van der Waals surface area contributed by atoms with Crippen LogP contribution >= 0.6 is 0 Å². The number of nitrogens with zero attached hydrogens (tertiary/aromatic N) is 4. The van der Waals surface area contributed by atoms with E-state index in [4.69, 9.17) is 15.2 Å². The molecule has 0 radical (unpaired) electrons. The number of benzene rings is 2. The van der Waals surface area contributed by atoms with E-state index in [1.807, 2.05) is 81.1 Å². The molecule has 0 spiro atoms. The Morgan fingerprint density at radius 3 is 2.68 bits per heavy atom. The smallest absolute Gasteiger partial charge is 0.289 e. The quantitative estimate of drug-likeness (QED) is 0.560. The van der Waals surface area contributed by atoms with Gasteiger partial charge in [0.05, 0.1) is 24.8 Å². The van der Waals surface area contributed by atoms with Gasteiger partial charge in [-0.25, -0.2) is 9.98 Å². The van der Waals surface area contributed by atoms with Gasteiger partial charge in [-0.2, -0.15) is 0 Å². The molecule has 0 saturated heterocycles. The lowest BCUT2D eigenvalue weighted by Crippen LogP contribution is -2.35. The number of amidine groups is 1. The fourth-order valence-electron chi connectivity index (χ4n) is 3.89. The molecule has 2 aliphatic rings. The number of rotatable bonds is 4. The zero-order valence-electron chi connectivity index (χ0n) is 19.7. The van der Waals surface area contributed by atoms with Crippen molar-refractivity contribution in [2.24, 2.45) is 15.7 Å². The number of pyridine rings is 1. The maximum absolute atomic E-state index is 6.67. The van der Waals surface area contributed by atoms with Crippen molar-refractivity contribution in [1.29, 1.82) is 0 Å². The van der Waals surface area contributed by atoms with Crippen molar-refractivity contribution in [1.82, 2.24) is 4.98 Å². The van der Waals surface area contributed by atoms with Crippen LogP contribution in [0.2, 0.25) is 0 Å². The second-order valence-electron chi connectivity index (χ2n) is 9.17.